The highest BCUT2D eigenvalue weighted by atomic mass is 16.6. The third kappa shape index (κ3) is 3.45. The van der Waals surface area contributed by atoms with Gasteiger partial charge in [-0.25, -0.2) is 0 Å². The van der Waals surface area contributed by atoms with Crippen LogP contribution in [0.25, 0.3) is 0 Å². The number of carbonyl (C=O) groups excluding carboxylic acids is 2. The van der Waals surface area contributed by atoms with Gasteiger partial charge >= 0.3 is 11.9 Å². The highest BCUT2D eigenvalue weighted by Gasteiger charge is 2.50. The van der Waals surface area contributed by atoms with Crippen molar-refractivity contribution < 1.29 is 23.8 Å². The Morgan fingerprint density at radius 2 is 1.96 bits per heavy atom. The summed E-state index contributed by atoms with van der Waals surface area (Å²) in [6.45, 7) is 0. The van der Waals surface area contributed by atoms with Crippen LogP contribution in [0.3, 0.4) is 0 Å². The van der Waals surface area contributed by atoms with E-state index in [-0.39, 0.29) is 24.1 Å². The van der Waals surface area contributed by atoms with E-state index in [1.54, 1.807) is 0 Å². The second-order valence-corrected chi connectivity index (χ2v) is 7.21. The molecular weight excluding hydrogens is 308 g/mol. The molecule has 1 saturated heterocycles. The summed E-state index contributed by atoms with van der Waals surface area (Å²) in [5, 5.41) is 0. The predicted octanol–water partition coefficient (Wildman–Crippen LogP) is 3.66. The van der Waals surface area contributed by atoms with Crippen molar-refractivity contribution in [2.75, 3.05) is 7.11 Å². The molecule has 2 fully saturated rings. The molecule has 2 aliphatic carbocycles. The lowest BCUT2D eigenvalue weighted by molar-refractivity contribution is -0.161. The van der Waals surface area contributed by atoms with Crippen LogP contribution >= 0.6 is 0 Å². The van der Waals surface area contributed by atoms with Crippen LogP contribution < -0.4 is 0 Å². The van der Waals surface area contributed by atoms with Crippen molar-refractivity contribution in [3.63, 3.8) is 0 Å². The molecule has 1 aliphatic heterocycles. The van der Waals surface area contributed by atoms with Crippen molar-refractivity contribution in [2.24, 2.45) is 5.41 Å². The van der Waals surface area contributed by atoms with Gasteiger partial charge in [0.15, 0.2) is 0 Å². The first kappa shape index (κ1) is 17.3. The van der Waals surface area contributed by atoms with Crippen molar-refractivity contribution in [1.82, 2.24) is 0 Å². The van der Waals surface area contributed by atoms with Crippen molar-refractivity contribution in [2.45, 2.75) is 82.8 Å². The molecule has 1 saturated carbocycles. The summed E-state index contributed by atoms with van der Waals surface area (Å²) < 4.78 is 16.9. The van der Waals surface area contributed by atoms with Crippen LogP contribution in [0.2, 0.25) is 0 Å². The maximum absolute atomic E-state index is 13.0. The summed E-state index contributed by atoms with van der Waals surface area (Å²) in [7, 11) is 1.40. The Morgan fingerprint density at radius 1 is 1.21 bits per heavy atom. The largest absolute Gasteiger partial charge is 0.490 e. The molecule has 1 heterocycles. The Labute approximate surface area is 143 Å². The van der Waals surface area contributed by atoms with Crippen LogP contribution in [-0.4, -0.2) is 31.3 Å². The monoisotopic (exact) mass is 336 g/mol. The molecule has 0 radical (unpaired) electrons. The first-order chi connectivity index (χ1) is 11.7. The number of unbranched alkanes of at least 4 members (excludes halogenated alkanes) is 1. The average molecular weight is 336 g/mol. The van der Waals surface area contributed by atoms with E-state index in [2.05, 4.69) is 10.8 Å². The zero-order chi connectivity index (χ0) is 17.0. The summed E-state index contributed by atoms with van der Waals surface area (Å²) in [5.41, 5.74) is -0.633. The third-order valence-electron chi connectivity index (χ3n) is 5.64. The molecule has 0 bridgehead atoms. The highest BCUT2D eigenvalue weighted by Crippen LogP contribution is 2.47. The van der Waals surface area contributed by atoms with Crippen LogP contribution in [0.15, 0.2) is 11.8 Å². The molecule has 0 aromatic heterocycles. The number of methoxy groups -OCH3 is 1. The molecule has 0 spiro atoms. The van der Waals surface area contributed by atoms with E-state index in [9.17, 15) is 9.59 Å². The zero-order valence-electron chi connectivity index (χ0n) is 14.6. The Balaban J connectivity index is 1.72. The molecule has 0 aromatic rings. The van der Waals surface area contributed by atoms with Crippen molar-refractivity contribution in [1.29, 1.82) is 0 Å². The number of hydrogen-bond acceptors (Lipinski definition) is 5. The summed E-state index contributed by atoms with van der Waals surface area (Å²) in [6, 6.07) is 0. The molecule has 3 atom stereocenters. The van der Waals surface area contributed by atoms with Gasteiger partial charge in [-0.2, -0.15) is 0 Å². The Kier molecular flexibility index (Phi) is 5.47. The third-order valence-corrected chi connectivity index (χ3v) is 5.64. The van der Waals surface area contributed by atoms with Gasteiger partial charge < -0.3 is 14.2 Å². The van der Waals surface area contributed by atoms with Gasteiger partial charge in [0, 0.05) is 6.42 Å². The number of hydrogen-bond donors (Lipinski definition) is 0. The second-order valence-electron chi connectivity index (χ2n) is 7.21. The van der Waals surface area contributed by atoms with Crippen LogP contribution in [0.5, 0.6) is 0 Å². The number of rotatable bonds is 5. The minimum atomic E-state index is -0.633. The normalized spacial score (nSPS) is 32.4. The smallest absolute Gasteiger partial charge is 0.320 e. The minimum absolute atomic E-state index is 0.0176. The van der Waals surface area contributed by atoms with E-state index in [0.717, 1.165) is 63.5 Å². The Hall–Kier alpha value is -1.52. The number of allylic oxidation sites excluding steroid dienone is 1. The van der Waals surface area contributed by atoms with Crippen LogP contribution in [-0.2, 0) is 23.8 Å². The van der Waals surface area contributed by atoms with E-state index < -0.39 is 5.41 Å². The molecule has 5 nitrogen and oxygen atoms in total. The fraction of sp³-hybridized carbons (Fsp3) is 0.789. The van der Waals surface area contributed by atoms with Gasteiger partial charge in [-0.15, -0.1) is 0 Å². The predicted molar refractivity (Wildman–Crippen MR) is 88.1 cm³/mol. The van der Waals surface area contributed by atoms with E-state index in [0.29, 0.717) is 12.8 Å². The first-order valence-corrected chi connectivity index (χ1v) is 9.31. The fourth-order valence-corrected chi connectivity index (χ4v) is 4.21. The molecule has 24 heavy (non-hydrogen) atoms. The summed E-state index contributed by atoms with van der Waals surface area (Å²) in [5.74, 6) is 0.532. The first-order valence-electron chi connectivity index (χ1n) is 9.31. The molecule has 134 valence electrons. The topological polar surface area (TPSA) is 61.8 Å². The highest BCUT2D eigenvalue weighted by molar-refractivity contribution is 5.81. The second kappa shape index (κ2) is 7.58. The van der Waals surface area contributed by atoms with Crippen molar-refractivity contribution >= 4 is 11.9 Å². The van der Waals surface area contributed by atoms with Crippen LogP contribution in [0.4, 0.5) is 0 Å². The Bertz CT molecular complexity index is 512. The van der Waals surface area contributed by atoms with Crippen LogP contribution in [0, 0.1) is 5.41 Å². The van der Waals surface area contributed by atoms with E-state index >= 15 is 0 Å². The molecule has 0 aromatic carbocycles. The molecule has 0 unspecified atom stereocenters. The number of carbonyl (C=O) groups is 2. The van der Waals surface area contributed by atoms with Gasteiger partial charge in [-0.3, -0.25) is 9.59 Å². The van der Waals surface area contributed by atoms with E-state index in [4.69, 9.17) is 9.47 Å². The quantitative estimate of drug-likeness (QED) is 0.566. The molecule has 5 heteroatoms. The van der Waals surface area contributed by atoms with Gasteiger partial charge in [0.1, 0.15) is 23.4 Å². The van der Waals surface area contributed by atoms with Gasteiger partial charge in [0.2, 0.25) is 0 Å². The molecule has 0 N–H and O–H groups in total. The van der Waals surface area contributed by atoms with E-state index in [1.165, 1.54) is 7.11 Å². The summed E-state index contributed by atoms with van der Waals surface area (Å²) in [6.07, 6.45) is 11.5. The number of esters is 2. The minimum Gasteiger partial charge on any atom is -0.490 e. The molecule has 3 aliphatic rings. The summed E-state index contributed by atoms with van der Waals surface area (Å²) >= 11 is 0. The lowest BCUT2D eigenvalue weighted by atomic mass is 9.73. The van der Waals surface area contributed by atoms with Gasteiger partial charge in [-0.1, -0.05) is 6.42 Å². The summed E-state index contributed by atoms with van der Waals surface area (Å²) in [4.78, 5) is 24.3. The SMILES string of the molecule is COC(=O)CCCC[C@]12CCCC=C1O[C@H]1CCCC[C@@H]1OC2=O. The molecular formula is C19H28O5. The van der Waals surface area contributed by atoms with Gasteiger partial charge in [0.25, 0.3) is 0 Å². The number of fused-ring (bicyclic) bond motifs is 2. The fourth-order valence-electron chi connectivity index (χ4n) is 4.21. The van der Waals surface area contributed by atoms with Gasteiger partial charge in [0.05, 0.1) is 7.11 Å². The standard InChI is InChI=1S/C19H28O5/c1-22-17(20)11-5-7-13-19-12-6-4-10-16(19)23-14-8-2-3-9-15(14)24-18(19)21/h10,14-15H,2-9,11-13H2,1H3/t14-,15-,19+/m0/s1. The zero-order valence-corrected chi connectivity index (χ0v) is 14.6. The maximum Gasteiger partial charge on any atom is 0.320 e. The van der Waals surface area contributed by atoms with E-state index in [1.807, 2.05) is 0 Å². The van der Waals surface area contributed by atoms with Crippen LogP contribution in [0.1, 0.15) is 70.6 Å². The molecule has 3 rings (SSSR count). The molecule has 0 amide bonds. The lowest BCUT2D eigenvalue weighted by Crippen LogP contribution is -2.37. The Morgan fingerprint density at radius 3 is 2.71 bits per heavy atom. The maximum atomic E-state index is 13.0. The number of ether oxygens (including phenoxy) is 3. The average Bonchev–Trinajstić information content (AvgIpc) is 2.73. The van der Waals surface area contributed by atoms with Crippen molar-refractivity contribution in [3.8, 4) is 0 Å². The lowest BCUT2D eigenvalue weighted by Gasteiger charge is -2.34. The van der Waals surface area contributed by atoms with Gasteiger partial charge in [-0.05, 0) is 63.9 Å². The van der Waals surface area contributed by atoms with Crippen molar-refractivity contribution in [3.05, 3.63) is 11.8 Å².